The molecule has 0 bridgehead atoms. The van der Waals surface area contributed by atoms with Crippen LogP contribution in [0.4, 0.5) is 10.1 Å². The van der Waals surface area contributed by atoms with Crippen LogP contribution >= 0.6 is 11.6 Å². The Morgan fingerprint density at radius 2 is 1.94 bits per heavy atom. The van der Waals surface area contributed by atoms with E-state index in [1.54, 1.807) is 0 Å². The van der Waals surface area contributed by atoms with Gasteiger partial charge in [0.05, 0.1) is 23.4 Å². The van der Waals surface area contributed by atoms with E-state index in [0.29, 0.717) is 29.7 Å². The van der Waals surface area contributed by atoms with E-state index < -0.39 is 23.5 Å². The molecule has 0 aliphatic carbocycles. The highest BCUT2D eigenvalue weighted by Crippen LogP contribution is 2.32. The Kier molecular flexibility index (Phi) is 9.89. The van der Waals surface area contributed by atoms with E-state index in [1.807, 2.05) is 46.4 Å². The van der Waals surface area contributed by atoms with Gasteiger partial charge in [0.1, 0.15) is 5.82 Å². The minimum Gasteiger partial charge on any atom is -0.391 e. The summed E-state index contributed by atoms with van der Waals surface area (Å²) < 4.78 is 13.8. The zero-order valence-corrected chi connectivity index (χ0v) is 21.9. The summed E-state index contributed by atoms with van der Waals surface area (Å²) in [6.07, 6.45) is -0.658. The van der Waals surface area contributed by atoms with E-state index >= 15 is 0 Å². The number of amides is 2. The maximum atomic E-state index is 13.8. The molecular weight excluding hydrogens is 459 g/mol. The third-order valence-electron chi connectivity index (χ3n) is 6.47. The molecule has 1 saturated heterocycles. The van der Waals surface area contributed by atoms with Crippen LogP contribution < -0.4 is 16.0 Å². The van der Waals surface area contributed by atoms with E-state index in [9.17, 15) is 19.1 Å². The number of rotatable bonds is 10. The number of nitrogens with one attached hydrogen (secondary N) is 1. The van der Waals surface area contributed by atoms with E-state index in [4.69, 9.17) is 17.3 Å². The van der Waals surface area contributed by atoms with Gasteiger partial charge in [0, 0.05) is 37.1 Å². The molecule has 1 aliphatic heterocycles. The zero-order chi connectivity index (χ0) is 25.8. The summed E-state index contributed by atoms with van der Waals surface area (Å²) in [5.74, 6) is -0.736. The Hall–Kier alpha value is -1.74. The molecule has 192 valence electrons. The molecule has 1 heterocycles. The van der Waals surface area contributed by atoms with Crippen LogP contribution in [0.25, 0.3) is 0 Å². The van der Waals surface area contributed by atoms with Gasteiger partial charge in [-0.3, -0.25) is 14.5 Å². The number of halogens is 2. The lowest BCUT2D eigenvalue weighted by molar-refractivity contribution is -0.127. The van der Waals surface area contributed by atoms with Gasteiger partial charge in [-0.25, -0.2) is 4.39 Å². The number of carbonyl (C=O) groups excluding carboxylic acids is 2. The Morgan fingerprint density at radius 1 is 1.29 bits per heavy atom. The predicted octanol–water partition coefficient (Wildman–Crippen LogP) is 3.03. The Balaban J connectivity index is 2.06. The summed E-state index contributed by atoms with van der Waals surface area (Å²) in [5, 5.41) is 14.1. The van der Waals surface area contributed by atoms with Crippen molar-refractivity contribution in [1.82, 2.24) is 10.2 Å². The van der Waals surface area contributed by atoms with Gasteiger partial charge < -0.3 is 21.1 Å². The summed E-state index contributed by atoms with van der Waals surface area (Å²) in [4.78, 5) is 29.0. The average Bonchev–Trinajstić information content (AvgIpc) is 2.74. The van der Waals surface area contributed by atoms with E-state index in [0.717, 1.165) is 0 Å². The molecular formula is C25H40ClFN4O3. The number of hydrogen-bond donors (Lipinski definition) is 3. The number of piperazine rings is 1. The lowest BCUT2D eigenvalue weighted by atomic mass is 9.86. The maximum Gasteiger partial charge on any atom is 0.241 e. The lowest BCUT2D eigenvalue weighted by Crippen LogP contribution is -2.64. The number of nitrogens with two attached hydrogens (primary N) is 1. The number of aliphatic hydroxyl groups is 1. The first-order chi connectivity index (χ1) is 15.7. The molecule has 1 aromatic carbocycles. The van der Waals surface area contributed by atoms with Crippen molar-refractivity contribution in [2.24, 2.45) is 23.5 Å². The van der Waals surface area contributed by atoms with Crippen LogP contribution in [0.15, 0.2) is 18.2 Å². The van der Waals surface area contributed by atoms with Gasteiger partial charge in [0.15, 0.2) is 0 Å². The first-order valence-electron chi connectivity index (χ1n) is 11.9. The summed E-state index contributed by atoms with van der Waals surface area (Å²) in [6, 6.07) is 3.31. The van der Waals surface area contributed by atoms with Crippen molar-refractivity contribution in [2.75, 3.05) is 31.1 Å². The first-order valence-corrected chi connectivity index (χ1v) is 12.3. The largest absolute Gasteiger partial charge is 0.391 e. The normalized spacial score (nSPS) is 19.4. The third-order valence-corrected chi connectivity index (χ3v) is 6.79. The van der Waals surface area contributed by atoms with Crippen molar-refractivity contribution in [3.05, 3.63) is 29.0 Å². The van der Waals surface area contributed by atoms with Crippen molar-refractivity contribution in [3.63, 3.8) is 0 Å². The van der Waals surface area contributed by atoms with Crippen molar-refractivity contribution < 1.29 is 19.1 Å². The Bertz CT molecular complexity index is 865. The highest BCUT2D eigenvalue weighted by molar-refractivity contribution is 6.33. The molecule has 34 heavy (non-hydrogen) atoms. The molecule has 0 unspecified atom stereocenters. The predicted molar refractivity (Wildman–Crippen MR) is 134 cm³/mol. The Labute approximate surface area is 207 Å². The van der Waals surface area contributed by atoms with Crippen molar-refractivity contribution in [3.8, 4) is 0 Å². The molecule has 0 radical (unpaired) electrons. The Morgan fingerprint density at radius 3 is 2.53 bits per heavy atom. The topological polar surface area (TPSA) is 98.9 Å². The number of benzene rings is 1. The fourth-order valence-corrected chi connectivity index (χ4v) is 4.41. The van der Waals surface area contributed by atoms with E-state index in [1.165, 1.54) is 23.1 Å². The first kappa shape index (κ1) is 28.5. The molecule has 0 aromatic heterocycles. The van der Waals surface area contributed by atoms with Crippen LogP contribution in [0, 0.1) is 23.6 Å². The fraction of sp³-hybridized carbons (Fsp3) is 0.680. The smallest absolute Gasteiger partial charge is 0.241 e. The fourth-order valence-electron chi connectivity index (χ4n) is 4.19. The molecule has 1 aliphatic rings. The van der Waals surface area contributed by atoms with Crippen LogP contribution in [0.1, 0.15) is 48.0 Å². The van der Waals surface area contributed by atoms with Gasteiger partial charge >= 0.3 is 0 Å². The van der Waals surface area contributed by atoms with Gasteiger partial charge in [-0.2, -0.15) is 0 Å². The van der Waals surface area contributed by atoms with Crippen molar-refractivity contribution >= 4 is 29.1 Å². The van der Waals surface area contributed by atoms with Gasteiger partial charge in [-0.05, 0) is 50.3 Å². The number of aliphatic hydroxyl groups excluding tert-OH is 1. The van der Waals surface area contributed by atoms with Gasteiger partial charge in [-0.15, -0.1) is 0 Å². The minimum atomic E-state index is -0.904. The standard InChI is InChI=1S/C25H40ClFN4O3/c1-15(2)11-29-24(34)18(16(3)4)10-22(32)20(28)12-30-13-23(33)31(14-25(30,5)6)21-9-17(27)7-8-19(21)26/h7-9,15-16,18,20,22,32H,10-14,28H2,1-6H3,(H,29,34)/t18-,20-,22-/m0/s1. The third kappa shape index (κ3) is 7.38. The summed E-state index contributed by atoms with van der Waals surface area (Å²) >= 11 is 6.23. The molecule has 9 heteroatoms. The quantitative estimate of drug-likeness (QED) is 0.460. The highest BCUT2D eigenvalue weighted by Gasteiger charge is 2.40. The number of nitrogens with zero attached hydrogens (tertiary/aromatic N) is 2. The molecule has 1 fully saturated rings. The van der Waals surface area contributed by atoms with Crippen molar-refractivity contribution in [2.45, 2.75) is 65.6 Å². The molecule has 7 nitrogen and oxygen atoms in total. The lowest BCUT2D eigenvalue weighted by Gasteiger charge is -2.47. The monoisotopic (exact) mass is 498 g/mol. The number of carbonyl (C=O) groups is 2. The molecule has 3 atom stereocenters. The van der Waals surface area contributed by atoms with Crippen LogP contribution in [0.3, 0.4) is 0 Å². The van der Waals surface area contributed by atoms with Crippen molar-refractivity contribution in [1.29, 1.82) is 0 Å². The molecule has 0 spiro atoms. The number of hydrogen-bond acceptors (Lipinski definition) is 5. The van der Waals surface area contributed by atoms with Crippen LogP contribution in [0.5, 0.6) is 0 Å². The molecule has 0 saturated carbocycles. The average molecular weight is 499 g/mol. The minimum absolute atomic E-state index is 0.0478. The van der Waals surface area contributed by atoms with Gasteiger partial charge in [0.2, 0.25) is 11.8 Å². The van der Waals surface area contributed by atoms with E-state index in [-0.39, 0.29) is 43.2 Å². The van der Waals surface area contributed by atoms with Crippen LogP contribution in [0.2, 0.25) is 5.02 Å². The number of anilines is 1. The van der Waals surface area contributed by atoms with Crippen LogP contribution in [-0.4, -0.2) is 65.7 Å². The highest BCUT2D eigenvalue weighted by atomic mass is 35.5. The second-order valence-corrected chi connectivity index (χ2v) is 11.1. The zero-order valence-electron chi connectivity index (χ0n) is 21.1. The van der Waals surface area contributed by atoms with E-state index in [2.05, 4.69) is 5.32 Å². The maximum absolute atomic E-state index is 13.8. The molecule has 2 amide bonds. The van der Waals surface area contributed by atoms with Gasteiger partial charge in [-0.1, -0.05) is 39.3 Å². The summed E-state index contributed by atoms with van der Waals surface area (Å²) in [6.45, 7) is 13.1. The molecule has 1 aromatic rings. The summed E-state index contributed by atoms with van der Waals surface area (Å²) in [5.41, 5.74) is 6.21. The van der Waals surface area contributed by atoms with Gasteiger partial charge in [0.25, 0.3) is 0 Å². The molecule has 4 N–H and O–H groups in total. The SMILES string of the molecule is CC(C)CNC(=O)[C@@H](C[C@H](O)[C@@H](N)CN1CC(=O)N(c2cc(F)ccc2Cl)CC1(C)C)C(C)C. The second-order valence-electron chi connectivity index (χ2n) is 10.7. The molecule has 2 rings (SSSR count). The summed E-state index contributed by atoms with van der Waals surface area (Å²) in [7, 11) is 0. The van der Waals surface area contributed by atoms with Crippen LogP contribution in [-0.2, 0) is 9.59 Å². The second kappa shape index (κ2) is 11.8.